The van der Waals surface area contributed by atoms with E-state index in [0.717, 1.165) is 18.6 Å². The van der Waals surface area contributed by atoms with E-state index in [-0.39, 0.29) is 0 Å². The van der Waals surface area contributed by atoms with Gasteiger partial charge in [-0.25, -0.2) is 0 Å². The van der Waals surface area contributed by atoms with Gasteiger partial charge in [0, 0.05) is 11.3 Å². The highest BCUT2D eigenvalue weighted by atomic mass is 32.2. The van der Waals surface area contributed by atoms with Crippen molar-refractivity contribution in [3.05, 3.63) is 54.6 Å². The first-order valence-corrected chi connectivity index (χ1v) is 7.11. The molecule has 0 saturated carbocycles. The van der Waals surface area contributed by atoms with Crippen LogP contribution in [0.2, 0.25) is 0 Å². The van der Waals surface area contributed by atoms with Crippen molar-refractivity contribution in [2.24, 2.45) is 0 Å². The van der Waals surface area contributed by atoms with E-state index >= 15 is 0 Å². The summed E-state index contributed by atoms with van der Waals surface area (Å²) in [5, 5.41) is 0. The van der Waals surface area contributed by atoms with E-state index in [1.54, 1.807) is 0 Å². The van der Waals surface area contributed by atoms with Crippen molar-refractivity contribution in [3.8, 4) is 23.5 Å². The summed E-state index contributed by atoms with van der Waals surface area (Å²) in [5.41, 5.74) is 2.58. The molecule has 0 aliphatic rings. The van der Waals surface area contributed by atoms with Crippen LogP contribution in [-0.4, -0.2) is 5.75 Å². The molecule has 0 saturated heterocycles. The van der Waals surface area contributed by atoms with Crippen LogP contribution in [0.4, 0.5) is 0 Å². The Kier molecular flexibility index (Phi) is 4.93. The molecule has 0 bridgehead atoms. The average molecular weight is 252 g/mol. The third kappa shape index (κ3) is 3.42. The van der Waals surface area contributed by atoms with Crippen LogP contribution in [0, 0.1) is 12.3 Å². The largest absolute Gasteiger partial charge is 0.125 e. The Labute approximate surface area is 113 Å². The van der Waals surface area contributed by atoms with Gasteiger partial charge in [-0.05, 0) is 29.4 Å². The highest BCUT2D eigenvalue weighted by molar-refractivity contribution is 7.99. The number of hydrogen-bond donors (Lipinski definition) is 0. The minimum absolute atomic E-state index is 0.862. The van der Waals surface area contributed by atoms with Crippen molar-refractivity contribution in [2.75, 3.05) is 5.75 Å². The third-order valence-electron chi connectivity index (χ3n) is 2.69. The van der Waals surface area contributed by atoms with Gasteiger partial charge in [-0.1, -0.05) is 48.5 Å². The van der Waals surface area contributed by atoms with E-state index in [9.17, 15) is 0 Å². The molecule has 0 atom stereocenters. The van der Waals surface area contributed by atoms with Gasteiger partial charge < -0.3 is 0 Å². The summed E-state index contributed by atoms with van der Waals surface area (Å²) in [6.07, 6.45) is 7.20. The Morgan fingerprint density at radius 2 is 1.67 bits per heavy atom. The van der Waals surface area contributed by atoms with Crippen LogP contribution in [0.25, 0.3) is 11.1 Å². The summed E-state index contributed by atoms with van der Waals surface area (Å²) >= 11 is 1.89. The number of thioether (sulfide) groups is 1. The smallest absolute Gasteiger partial charge is 0.0150 e. The van der Waals surface area contributed by atoms with Crippen LogP contribution in [0.15, 0.2) is 59.5 Å². The van der Waals surface area contributed by atoms with Gasteiger partial charge in [0.15, 0.2) is 0 Å². The number of hydrogen-bond acceptors (Lipinski definition) is 1. The Hall–Kier alpha value is -1.65. The molecule has 2 aromatic rings. The molecule has 0 unspecified atom stereocenters. The summed E-state index contributed by atoms with van der Waals surface area (Å²) in [7, 11) is 0. The molecule has 0 radical (unpaired) electrons. The summed E-state index contributed by atoms with van der Waals surface area (Å²) in [6.45, 7) is 0. The normalized spacial score (nSPS) is 9.94. The number of benzene rings is 2. The maximum atomic E-state index is 5.27. The molecular weight excluding hydrogens is 236 g/mol. The topological polar surface area (TPSA) is 0 Å². The highest BCUT2D eigenvalue weighted by Gasteiger charge is 2.03. The summed E-state index contributed by atoms with van der Waals surface area (Å²) < 4.78 is 0. The van der Waals surface area contributed by atoms with Crippen LogP contribution in [0.3, 0.4) is 0 Å². The minimum Gasteiger partial charge on any atom is -0.125 e. The van der Waals surface area contributed by atoms with Crippen molar-refractivity contribution in [1.82, 2.24) is 0 Å². The van der Waals surface area contributed by atoms with Crippen molar-refractivity contribution < 1.29 is 0 Å². The lowest BCUT2D eigenvalue weighted by Crippen LogP contribution is -1.84. The molecule has 0 aliphatic heterocycles. The summed E-state index contributed by atoms with van der Waals surface area (Å²) in [4.78, 5) is 1.33. The van der Waals surface area contributed by atoms with Gasteiger partial charge in [-0.3, -0.25) is 0 Å². The predicted molar refractivity (Wildman–Crippen MR) is 80.7 cm³/mol. The Morgan fingerprint density at radius 1 is 0.944 bits per heavy atom. The zero-order valence-electron chi connectivity index (χ0n) is 10.3. The molecular formula is C17H16S. The number of unbranched alkanes of at least 4 members (excludes halogenated alkanes) is 1. The SMILES string of the molecule is C#CCCCSc1ccccc1-c1ccccc1. The fraction of sp³-hybridized carbons (Fsp3) is 0.176. The lowest BCUT2D eigenvalue weighted by Gasteiger charge is -2.08. The van der Waals surface area contributed by atoms with Gasteiger partial charge >= 0.3 is 0 Å². The molecule has 1 heteroatoms. The quantitative estimate of drug-likeness (QED) is 0.416. The highest BCUT2D eigenvalue weighted by Crippen LogP contribution is 2.31. The van der Waals surface area contributed by atoms with E-state index in [1.165, 1.54) is 16.0 Å². The van der Waals surface area contributed by atoms with E-state index < -0.39 is 0 Å². The standard InChI is InChI=1S/C17H16S/c1-2-3-9-14-18-17-13-8-7-12-16(17)15-10-5-4-6-11-15/h1,4-8,10-13H,3,9,14H2. The van der Waals surface area contributed by atoms with E-state index in [2.05, 4.69) is 54.5 Å². The van der Waals surface area contributed by atoms with Crippen molar-refractivity contribution in [1.29, 1.82) is 0 Å². The molecule has 0 aromatic heterocycles. The molecule has 0 nitrogen and oxygen atoms in total. The van der Waals surface area contributed by atoms with Crippen LogP contribution < -0.4 is 0 Å². The van der Waals surface area contributed by atoms with Crippen molar-refractivity contribution in [3.63, 3.8) is 0 Å². The molecule has 0 aliphatic carbocycles. The molecule has 2 rings (SSSR count). The third-order valence-corrected chi connectivity index (χ3v) is 3.85. The molecule has 0 fully saturated rings. The summed E-state index contributed by atoms with van der Waals surface area (Å²) in [6, 6.07) is 19.1. The number of terminal acetylenes is 1. The van der Waals surface area contributed by atoms with Gasteiger partial charge in [0.2, 0.25) is 0 Å². The fourth-order valence-electron chi connectivity index (χ4n) is 1.81. The first-order valence-electron chi connectivity index (χ1n) is 6.12. The Balaban J connectivity index is 2.14. The second-order valence-corrected chi connectivity index (χ2v) is 5.16. The zero-order chi connectivity index (χ0) is 12.6. The second kappa shape index (κ2) is 6.93. The van der Waals surface area contributed by atoms with Crippen LogP contribution in [-0.2, 0) is 0 Å². The van der Waals surface area contributed by atoms with E-state index in [1.807, 2.05) is 17.8 Å². The lowest BCUT2D eigenvalue weighted by molar-refractivity contribution is 0.997. The second-order valence-electron chi connectivity index (χ2n) is 4.02. The van der Waals surface area contributed by atoms with Gasteiger partial charge in [0.1, 0.15) is 0 Å². The first kappa shape index (κ1) is 12.8. The molecule has 90 valence electrons. The predicted octanol–water partition coefficient (Wildman–Crippen LogP) is 4.86. The average Bonchev–Trinajstić information content (AvgIpc) is 2.45. The fourth-order valence-corrected chi connectivity index (χ4v) is 2.83. The molecule has 18 heavy (non-hydrogen) atoms. The molecule has 2 aromatic carbocycles. The monoisotopic (exact) mass is 252 g/mol. The van der Waals surface area contributed by atoms with Gasteiger partial charge in [-0.2, -0.15) is 0 Å². The van der Waals surface area contributed by atoms with Crippen LogP contribution in [0.1, 0.15) is 12.8 Å². The minimum atomic E-state index is 0.862. The molecule has 0 N–H and O–H groups in total. The molecule has 0 heterocycles. The van der Waals surface area contributed by atoms with Crippen LogP contribution in [0.5, 0.6) is 0 Å². The van der Waals surface area contributed by atoms with Crippen molar-refractivity contribution in [2.45, 2.75) is 17.7 Å². The van der Waals surface area contributed by atoms with Crippen LogP contribution >= 0.6 is 11.8 Å². The maximum Gasteiger partial charge on any atom is 0.0150 e. The first-order chi connectivity index (χ1) is 8.92. The van der Waals surface area contributed by atoms with Crippen molar-refractivity contribution >= 4 is 11.8 Å². The van der Waals surface area contributed by atoms with Gasteiger partial charge in [0.25, 0.3) is 0 Å². The van der Waals surface area contributed by atoms with Gasteiger partial charge in [0.05, 0.1) is 0 Å². The molecule has 0 amide bonds. The Morgan fingerprint density at radius 3 is 2.44 bits per heavy atom. The lowest BCUT2D eigenvalue weighted by atomic mass is 10.1. The molecule has 0 spiro atoms. The Bertz CT molecular complexity index is 523. The zero-order valence-corrected chi connectivity index (χ0v) is 11.1. The summed E-state index contributed by atoms with van der Waals surface area (Å²) in [5.74, 6) is 3.76. The van der Waals surface area contributed by atoms with Gasteiger partial charge in [-0.15, -0.1) is 24.1 Å². The van der Waals surface area contributed by atoms with E-state index in [4.69, 9.17) is 6.42 Å². The van der Waals surface area contributed by atoms with E-state index in [0.29, 0.717) is 0 Å². The number of rotatable bonds is 5. The maximum absolute atomic E-state index is 5.27.